The van der Waals surface area contributed by atoms with Crippen LogP contribution in [-0.4, -0.2) is 30.3 Å². The smallest absolute Gasteiger partial charge is 0.335 e. The zero-order valence-electron chi connectivity index (χ0n) is 18.2. The minimum atomic E-state index is -0.999. The van der Waals surface area contributed by atoms with Crippen LogP contribution < -0.4 is 14.9 Å². The third kappa shape index (κ3) is 5.82. The molecule has 178 valence electrons. The van der Waals surface area contributed by atoms with Gasteiger partial charge in [-0.2, -0.15) is 5.10 Å². The Morgan fingerprint density at radius 3 is 2.63 bits per heavy atom. The van der Waals surface area contributed by atoms with Gasteiger partial charge in [-0.1, -0.05) is 39.7 Å². The number of furan rings is 1. The van der Waals surface area contributed by atoms with Crippen molar-refractivity contribution in [2.24, 2.45) is 5.10 Å². The first kappa shape index (κ1) is 24.3. The minimum absolute atomic E-state index is 0.131. The molecule has 8 nitrogen and oxygen atoms in total. The van der Waals surface area contributed by atoms with E-state index in [0.29, 0.717) is 22.6 Å². The van der Waals surface area contributed by atoms with E-state index in [0.717, 1.165) is 15.4 Å². The van der Waals surface area contributed by atoms with Crippen LogP contribution in [0.2, 0.25) is 5.02 Å². The molecule has 0 aliphatic heterocycles. The Morgan fingerprint density at radius 2 is 1.91 bits per heavy atom. The monoisotopic (exact) mass is 556 g/mol. The highest BCUT2D eigenvalue weighted by atomic mass is 79.9. The lowest BCUT2D eigenvalue weighted by molar-refractivity contribution is 0.0696. The summed E-state index contributed by atoms with van der Waals surface area (Å²) in [5, 5.41) is 14.0. The largest absolute Gasteiger partial charge is 0.493 e. The molecule has 0 bridgehead atoms. The number of hydrazone groups is 1. The maximum Gasteiger partial charge on any atom is 0.335 e. The number of methoxy groups -OCH3 is 1. The zero-order chi connectivity index (χ0) is 24.9. The molecule has 0 radical (unpaired) electrons. The summed E-state index contributed by atoms with van der Waals surface area (Å²) in [7, 11) is 1.48. The molecular weight excluding hydrogens is 540 g/mol. The number of nitrogens with one attached hydrogen (secondary N) is 1. The molecule has 4 rings (SSSR count). The molecule has 10 heteroatoms. The molecule has 0 unspecified atom stereocenters. The number of carbonyl (C=O) groups excluding carboxylic acids is 1. The molecule has 1 amide bonds. The molecule has 0 aliphatic rings. The van der Waals surface area contributed by atoms with Gasteiger partial charge in [-0.3, -0.25) is 4.79 Å². The van der Waals surface area contributed by atoms with E-state index in [9.17, 15) is 9.59 Å². The van der Waals surface area contributed by atoms with E-state index in [1.807, 2.05) is 12.1 Å². The molecule has 0 saturated heterocycles. The third-order valence-corrected chi connectivity index (χ3v) is 5.69. The van der Waals surface area contributed by atoms with Crippen molar-refractivity contribution in [2.45, 2.75) is 6.61 Å². The fraction of sp³-hybridized carbons (Fsp3) is 0.0800. The van der Waals surface area contributed by atoms with Crippen LogP contribution in [0.3, 0.4) is 0 Å². The number of hydrogen-bond donors (Lipinski definition) is 2. The average Bonchev–Trinajstić information content (AvgIpc) is 3.26. The number of carboxylic acids is 1. The van der Waals surface area contributed by atoms with E-state index in [1.165, 1.54) is 25.5 Å². The van der Waals surface area contributed by atoms with Crippen molar-refractivity contribution in [1.29, 1.82) is 0 Å². The molecule has 4 aromatic rings. The second-order valence-electron chi connectivity index (χ2n) is 7.32. The van der Waals surface area contributed by atoms with Crippen molar-refractivity contribution >= 4 is 56.6 Å². The fourth-order valence-corrected chi connectivity index (χ4v) is 3.85. The highest BCUT2D eigenvalue weighted by Crippen LogP contribution is 2.36. The van der Waals surface area contributed by atoms with Crippen LogP contribution in [0, 0.1) is 0 Å². The molecule has 35 heavy (non-hydrogen) atoms. The number of benzene rings is 3. The summed E-state index contributed by atoms with van der Waals surface area (Å²) in [6.07, 6.45) is 1.42. The number of ether oxygens (including phenoxy) is 2. The minimum Gasteiger partial charge on any atom is -0.493 e. The van der Waals surface area contributed by atoms with Crippen molar-refractivity contribution in [1.82, 2.24) is 5.43 Å². The van der Waals surface area contributed by atoms with Crippen molar-refractivity contribution in [2.75, 3.05) is 7.11 Å². The van der Waals surface area contributed by atoms with Gasteiger partial charge in [0.15, 0.2) is 17.3 Å². The van der Waals surface area contributed by atoms with Crippen LogP contribution in [0.5, 0.6) is 11.5 Å². The van der Waals surface area contributed by atoms with Crippen LogP contribution in [-0.2, 0) is 6.61 Å². The van der Waals surface area contributed by atoms with Crippen LogP contribution >= 0.6 is 27.5 Å². The number of aromatic carboxylic acids is 1. The van der Waals surface area contributed by atoms with Crippen molar-refractivity contribution < 1.29 is 28.6 Å². The average molecular weight is 558 g/mol. The molecule has 0 fully saturated rings. The maximum atomic E-state index is 12.4. The predicted octanol–water partition coefficient (Wildman–Crippen LogP) is 5.90. The zero-order valence-corrected chi connectivity index (χ0v) is 20.6. The quantitative estimate of drug-likeness (QED) is 0.206. The first-order chi connectivity index (χ1) is 16.8. The summed E-state index contributed by atoms with van der Waals surface area (Å²) in [4.78, 5) is 23.4. The van der Waals surface area contributed by atoms with Gasteiger partial charge in [0.1, 0.15) is 12.2 Å². The highest BCUT2D eigenvalue weighted by Gasteiger charge is 2.14. The summed E-state index contributed by atoms with van der Waals surface area (Å²) in [6.45, 7) is 0.160. The second kappa shape index (κ2) is 10.6. The third-order valence-electron chi connectivity index (χ3n) is 4.92. The Hall–Kier alpha value is -3.82. The van der Waals surface area contributed by atoms with Gasteiger partial charge in [0.05, 0.1) is 23.9 Å². The van der Waals surface area contributed by atoms with E-state index < -0.39 is 11.9 Å². The maximum absolute atomic E-state index is 12.4. The molecule has 0 spiro atoms. The first-order valence-corrected chi connectivity index (χ1v) is 11.4. The summed E-state index contributed by atoms with van der Waals surface area (Å²) in [5.41, 5.74) is 4.53. The van der Waals surface area contributed by atoms with Gasteiger partial charge in [-0.05, 0) is 59.7 Å². The van der Waals surface area contributed by atoms with Crippen molar-refractivity contribution in [3.05, 3.63) is 92.6 Å². The van der Waals surface area contributed by atoms with Crippen molar-refractivity contribution in [3.8, 4) is 11.5 Å². The standard InChI is InChI=1S/C25H18BrClN2O6/c1-33-21-9-15(8-19(27)23(21)34-13-14-2-4-16(5-3-14)25(31)32)12-28-29-24(30)22-11-17-10-18(26)6-7-20(17)35-22/h2-12H,13H2,1H3,(H,29,30)(H,31,32)/b28-12+. The number of halogens is 2. The lowest BCUT2D eigenvalue weighted by Crippen LogP contribution is -2.16. The Bertz CT molecular complexity index is 1430. The van der Waals surface area contributed by atoms with Gasteiger partial charge in [0.2, 0.25) is 0 Å². The molecule has 1 heterocycles. The van der Waals surface area contributed by atoms with Gasteiger partial charge >= 0.3 is 11.9 Å². The molecule has 0 atom stereocenters. The second-order valence-corrected chi connectivity index (χ2v) is 8.64. The normalized spacial score (nSPS) is 11.1. The number of nitrogens with zero attached hydrogens (tertiary/aromatic N) is 1. The van der Waals surface area contributed by atoms with Crippen molar-refractivity contribution in [3.63, 3.8) is 0 Å². The fourth-order valence-electron chi connectivity index (χ4n) is 3.20. The van der Waals surface area contributed by atoms with Crippen LogP contribution in [0.15, 0.2) is 74.7 Å². The van der Waals surface area contributed by atoms with E-state index in [4.69, 9.17) is 30.6 Å². The Labute approximate surface area is 213 Å². The topological polar surface area (TPSA) is 110 Å². The van der Waals surface area contributed by atoms with E-state index in [2.05, 4.69) is 26.5 Å². The predicted molar refractivity (Wildman–Crippen MR) is 135 cm³/mol. The number of carboxylic acid groups (broad SMARTS) is 1. The summed E-state index contributed by atoms with van der Waals surface area (Å²) in [5.74, 6) is -0.672. The Balaban J connectivity index is 1.42. The number of carbonyl (C=O) groups is 2. The van der Waals surface area contributed by atoms with Gasteiger partial charge < -0.3 is 19.0 Å². The Morgan fingerprint density at radius 1 is 1.14 bits per heavy atom. The Kier molecular flexibility index (Phi) is 7.38. The molecule has 3 aromatic carbocycles. The van der Waals surface area contributed by atoms with E-state index in [1.54, 1.807) is 36.4 Å². The molecule has 1 aromatic heterocycles. The van der Waals surface area contributed by atoms with Crippen LogP contribution in [0.25, 0.3) is 11.0 Å². The summed E-state index contributed by atoms with van der Waals surface area (Å²) in [6, 6.07) is 16.7. The highest BCUT2D eigenvalue weighted by molar-refractivity contribution is 9.10. The SMILES string of the molecule is COc1cc(/C=N/NC(=O)c2cc3cc(Br)ccc3o2)cc(Cl)c1OCc1ccc(C(=O)O)cc1. The number of rotatable bonds is 8. The summed E-state index contributed by atoms with van der Waals surface area (Å²) >= 11 is 9.77. The number of hydrogen-bond acceptors (Lipinski definition) is 6. The molecule has 0 saturated carbocycles. The van der Waals surface area contributed by atoms with Gasteiger partial charge in [-0.15, -0.1) is 0 Å². The van der Waals surface area contributed by atoms with E-state index in [-0.39, 0.29) is 23.0 Å². The molecule has 2 N–H and O–H groups in total. The number of fused-ring (bicyclic) bond motifs is 1. The first-order valence-electron chi connectivity index (χ1n) is 10.2. The van der Waals surface area contributed by atoms with Gasteiger partial charge in [0.25, 0.3) is 0 Å². The number of amides is 1. The molecular formula is C25H18BrClN2O6. The lowest BCUT2D eigenvalue weighted by Gasteiger charge is -2.13. The van der Waals surface area contributed by atoms with Crippen LogP contribution in [0.1, 0.15) is 32.0 Å². The van der Waals surface area contributed by atoms with E-state index >= 15 is 0 Å². The molecule has 0 aliphatic carbocycles. The summed E-state index contributed by atoms with van der Waals surface area (Å²) < 4.78 is 17.6. The van der Waals surface area contributed by atoms with Crippen LogP contribution in [0.4, 0.5) is 0 Å². The van der Waals surface area contributed by atoms with Gasteiger partial charge in [-0.25, -0.2) is 10.2 Å². The van der Waals surface area contributed by atoms with Gasteiger partial charge in [0, 0.05) is 9.86 Å². The lowest BCUT2D eigenvalue weighted by atomic mass is 10.1.